The number of nitrogens with zero attached hydrogens (tertiary/aromatic N) is 2. The molecular weight excluding hydrogens is 368 g/mol. The average molecular weight is 392 g/mol. The number of amides is 1. The molecule has 0 aromatic heterocycles. The molecule has 1 fully saturated rings. The van der Waals surface area contributed by atoms with Crippen LogP contribution in [0.5, 0.6) is 0 Å². The van der Waals surface area contributed by atoms with Crippen LogP contribution in [-0.2, 0) is 24.3 Å². The van der Waals surface area contributed by atoms with Crippen molar-refractivity contribution in [3.05, 3.63) is 42.5 Å². The Morgan fingerprint density at radius 2 is 1.78 bits per heavy atom. The molecule has 0 unspecified atom stereocenters. The zero-order valence-electron chi connectivity index (χ0n) is 15.1. The van der Waals surface area contributed by atoms with Crippen LogP contribution in [0, 0.1) is 5.92 Å². The van der Waals surface area contributed by atoms with Gasteiger partial charge >= 0.3 is 5.97 Å². The molecule has 1 aromatic rings. The third-order valence-electron chi connectivity index (χ3n) is 4.87. The normalized spacial score (nSPS) is 20.6. The zero-order chi connectivity index (χ0) is 19.3. The second kappa shape index (κ2) is 8.67. The number of carbonyl (C=O) groups is 2. The number of rotatable bonds is 6. The van der Waals surface area contributed by atoms with Gasteiger partial charge in [-0.3, -0.25) is 9.59 Å². The SMILES string of the molecule is O=C(C[C@H]1C=CCC1)OCC(=O)N1CCN(S(=O)(=O)c2ccccc2)CC1. The minimum absolute atomic E-state index is 0.208. The molecule has 3 rings (SSSR count). The maximum Gasteiger partial charge on any atom is 0.306 e. The van der Waals surface area contributed by atoms with E-state index in [1.165, 1.54) is 4.31 Å². The molecular formula is C19H24N2O5S. The van der Waals surface area contributed by atoms with E-state index in [1.807, 2.05) is 12.2 Å². The number of hydrogen-bond donors (Lipinski definition) is 0. The molecule has 1 atom stereocenters. The quantitative estimate of drug-likeness (QED) is 0.540. The van der Waals surface area contributed by atoms with Crippen molar-refractivity contribution in [2.75, 3.05) is 32.8 Å². The van der Waals surface area contributed by atoms with Gasteiger partial charge in [0.1, 0.15) is 0 Å². The molecule has 0 radical (unpaired) electrons. The summed E-state index contributed by atoms with van der Waals surface area (Å²) in [6.45, 7) is 0.732. The lowest BCUT2D eigenvalue weighted by molar-refractivity contribution is -0.153. The average Bonchev–Trinajstić information content (AvgIpc) is 3.20. The van der Waals surface area contributed by atoms with Gasteiger partial charge in [0.15, 0.2) is 6.61 Å². The van der Waals surface area contributed by atoms with Gasteiger partial charge in [-0.25, -0.2) is 8.42 Å². The molecule has 0 N–H and O–H groups in total. The Morgan fingerprint density at radius 3 is 2.41 bits per heavy atom. The first-order valence-electron chi connectivity index (χ1n) is 9.12. The molecule has 1 saturated heterocycles. The van der Waals surface area contributed by atoms with Crippen molar-refractivity contribution in [3.8, 4) is 0 Å². The van der Waals surface area contributed by atoms with E-state index in [0.717, 1.165) is 12.8 Å². The minimum Gasteiger partial charge on any atom is -0.456 e. The van der Waals surface area contributed by atoms with Crippen molar-refractivity contribution >= 4 is 21.9 Å². The second-order valence-corrected chi connectivity index (χ2v) is 8.67. The first kappa shape index (κ1) is 19.6. The van der Waals surface area contributed by atoms with Crippen LogP contribution in [-0.4, -0.2) is 62.3 Å². The highest BCUT2D eigenvalue weighted by Gasteiger charge is 2.30. The van der Waals surface area contributed by atoms with Gasteiger partial charge in [0.25, 0.3) is 5.91 Å². The lowest BCUT2D eigenvalue weighted by Gasteiger charge is -2.33. The van der Waals surface area contributed by atoms with E-state index >= 15 is 0 Å². The minimum atomic E-state index is -3.55. The fourth-order valence-electron chi connectivity index (χ4n) is 3.29. The van der Waals surface area contributed by atoms with Crippen molar-refractivity contribution in [2.24, 2.45) is 5.92 Å². The number of carbonyl (C=O) groups excluding carboxylic acids is 2. The van der Waals surface area contributed by atoms with E-state index in [4.69, 9.17) is 4.74 Å². The molecule has 0 saturated carbocycles. The van der Waals surface area contributed by atoms with Gasteiger partial charge < -0.3 is 9.64 Å². The van der Waals surface area contributed by atoms with Crippen LogP contribution in [0.15, 0.2) is 47.4 Å². The highest BCUT2D eigenvalue weighted by Crippen LogP contribution is 2.21. The molecule has 1 aromatic carbocycles. The van der Waals surface area contributed by atoms with Gasteiger partial charge in [0, 0.05) is 26.2 Å². The maximum absolute atomic E-state index is 12.6. The highest BCUT2D eigenvalue weighted by molar-refractivity contribution is 7.89. The summed E-state index contributed by atoms with van der Waals surface area (Å²) in [7, 11) is -3.55. The molecule has 8 heteroatoms. The van der Waals surface area contributed by atoms with Gasteiger partial charge in [-0.05, 0) is 30.9 Å². The van der Waals surface area contributed by atoms with Crippen LogP contribution < -0.4 is 0 Å². The van der Waals surface area contributed by atoms with Gasteiger partial charge in [0.05, 0.1) is 11.3 Å². The standard InChI is InChI=1S/C19H24N2O5S/c22-18(15-26-19(23)14-16-6-4-5-7-16)20-10-12-21(13-11-20)27(24,25)17-8-2-1-3-9-17/h1-4,6,8-9,16H,5,7,10-15H2/t16-/m0/s1. The van der Waals surface area contributed by atoms with E-state index in [2.05, 4.69) is 0 Å². The number of sulfonamides is 1. The largest absolute Gasteiger partial charge is 0.456 e. The molecule has 7 nitrogen and oxygen atoms in total. The lowest BCUT2D eigenvalue weighted by Crippen LogP contribution is -2.51. The fraction of sp³-hybridized carbons (Fsp3) is 0.474. The summed E-state index contributed by atoms with van der Waals surface area (Å²) in [6.07, 6.45) is 6.28. The van der Waals surface area contributed by atoms with Crippen molar-refractivity contribution in [2.45, 2.75) is 24.2 Å². The summed E-state index contributed by atoms with van der Waals surface area (Å²) in [5.74, 6) is -0.452. The van der Waals surface area contributed by atoms with Crippen molar-refractivity contribution in [1.29, 1.82) is 0 Å². The summed E-state index contributed by atoms with van der Waals surface area (Å²) in [5, 5.41) is 0. The topological polar surface area (TPSA) is 84.0 Å². The molecule has 1 heterocycles. The van der Waals surface area contributed by atoms with Gasteiger partial charge in [-0.2, -0.15) is 4.31 Å². The Hall–Kier alpha value is -2.19. The fourth-order valence-corrected chi connectivity index (χ4v) is 4.73. The van der Waals surface area contributed by atoms with Crippen LogP contribution >= 0.6 is 0 Å². The maximum atomic E-state index is 12.6. The third kappa shape index (κ3) is 4.95. The Balaban J connectivity index is 1.45. The van der Waals surface area contributed by atoms with Crippen LogP contribution in [0.1, 0.15) is 19.3 Å². The Bertz CT molecular complexity index is 799. The van der Waals surface area contributed by atoms with Crippen molar-refractivity contribution in [1.82, 2.24) is 9.21 Å². The molecule has 1 amide bonds. The molecule has 1 aliphatic heterocycles. The summed E-state index contributed by atoms with van der Waals surface area (Å²) in [4.78, 5) is 25.8. The Morgan fingerprint density at radius 1 is 1.07 bits per heavy atom. The monoisotopic (exact) mass is 392 g/mol. The first-order valence-corrected chi connectivity index (χ1v) is 10.6. The second-order valence-electron chi connectivity index (χ2n) is 6.73. The van der Waals surface area contributed by atoms with Crippen molar-refractivity contribution in [3.63, 3.8) is 0 Å². The van der Waals surface area contributed by atoms with E-state index in [1.54, 1.807) is 35.2 Å². The number of ether oxygens (including phenoxy) is 1. The smallest absolute Gasteiger partial charge is 0.306 e. The number of esters is 1. The van der Waals surface area contributed by atoms with Crippen LogP contribution in [0.2, 0.25) is 0 Å². The van der Waals surface area contributed by atoms with E-state index in [0.29, 0.717) is 6.42 Å². The Kier molecular flexibility index (Phi) is 6.28. The number of benzene rings is 1. The molecule has 27 heavy (non-hydrogen) atoms. The molecule has 0 spiro atoms. The molecule has 0 bridgehead atoms. The number of allylic oxidation sites excluding steroid dienone is 2. The van der Waals surface area contributed by atoms with E-state index < -0.39 is 10.0 Å². The Labute approximate surface area is 159 Å². The van der Waals surface area contributed by atoms with Crippen LogP contribution in [0.4, 0.5) is 0 Å². The van der Waals surface area contributed by atoms with Crippen LogP contribution in [0.3, 0.4) is 0 Å². The third-order valence-corrected chi connectivity index (χ3v) is 6.78. The molecule has 1 aliphatic carbocycles. The summed E-state index contributed by atoms with van der Waals surface area (Å²) in [6, 6.07) is 8.25. The summed E-state index contributed by atoms with van der Waals surface area (Å²) < 4.78 is 31.6. The number of piperazine rings is 1. The predicted octanol–water partition coefficient (Wildman–Crippen LogP) is 1.42. The van der Waals surface area contributed by atoms with Crippen molar-refractivity contribution < 1.29 is 22.7 Å². The van der Waals surface area contributed by atoms with Gasteiger partial charge in [0.2, 0.25) is 10.0 Å². The van der Waals surface area contributed by atoms with Crippen LogP contribution in [0.25, 0.3) is 0 Å². The lowest BCUT2D eigenvalue weighted by atomic mass is 10.1. The number of hydrogen-bond acceptors (Lipinski definition) is 5. The van der Waals surface area contributed by atoms with E-state index in [-0.39, 0.29) is 55.5 Å². The first-order chi connectivity index (χ1) is 13.0. The summed E-state index contributed by atoms with van der Waals surface area (Å²) >= 11 is 0. The van der Waals surface area contributed by atoms with Gasteiger partial charge in [-0.15, -0.1) is 0 Å². The molecule has 146 valence electrons. The summed E-state index contributed by atoms with van der Waals surface area (Å²) in [5.41, 5.74) is 0. The van der Waals surface area contributed by atoms with E-state index in [9.17, 15) is 18.0 Å². The zero-order valence-corrected chi connectivity index (χ0v) is 15.9. The highest BCUT2D eigenvalue weighted by atomic mass is 32.2. The molecule has 2 aliphatic rings. The predicted molar refractivity (Wildman–Crippen MR) is 99.2 cm³/mol. The van der Waals surface area contributed by atoms with Gasteiger partial charge in [-0.1, -0.05) is 30.4 Å².